The summed E-state index contributed by atoms with van der Waals surface area (Å²) in [6, 6.07) is 6.04. The topological polar surface area (TPSA) is 60.0 Å². The minimum Gasteiger partial charge on any atom is -0.394 e. The van der Waals surface area contributed by atoms with E-state index in [-0.39, 0.29) is 0 Å². The number of aromatic nitrogens is 3. The fourth-order valence-electron chi connectivity index (χ4n) is 1.96. The van der Waals surface area contributed by atoms with Crippen LogP contribution in [0.25, 0.3) is 0 Å². The van der Waals surface area contributed by atoms with Crippen molar-refractivity contribution >= 4 is 11.5 Å². The molecule has 2 rings (SSSR count). The van der Waals surface area contributed by atoms with E-state index in [2.05, 4.69) is 21.9 Å². The summed E-state index contributed by atoms with van der Waals surface area (Å²) in [4.78, 5) is 6.63. The van der Waals surface area contributed by atoms with Gasteiger partial charge in [-0.25, -0.2) is 0 Å². The third kappa shape index (κ3) is 2.61. The lowest BCUT2D eigenvalue weighted by molar-refractivity contribution is 0.730. The molecule has 0 aliphatic heterocycles. The standard InChI is InChI=1S/C13H19N5/c1-4-18(13-12(14)9-17(3)16-13)8-11-7-5-6-10(2)15-11/h5-7,9H,4,8,14H2,1-3H3. The fraction of sp³-hybridized carbons (Fsp3) is 0.385. The van der Waals surface area contributed by atoms with Crippen LogP contribution in [0.1, 0.15) is 18.3 Å². The number of rotatable bonds is 4. The maximum absolute atomic E-state index is 5.96. The Labute approximate surface area is 107 Å². The molecule has 18 heavy (non-hydrogen) atoms. The van der Waals surface area contributed by atoms with Gasteiger partial charge in [-0.3, -0.25) is 9.67 Å². The van der Waals surface area contributed by atoms with E-state index in [4.69, 9.17) is 5.73 Å². The van der Waals surface area contributed by atoms with Gasteiger partial charge in [0.05, 0.1) is 17.9 Å². The number of nitrogens with zero attached hydrogens (tertiary/aromatic N) is 4. The van der Waals surface area contributed by atoms with Crippen molar-refractivity contribution in [2.45, 2.75) is 20.4 Å². The first-order valence-electron chi connectivity index (χ1n) is 6.06. The van der Waals surface area contributed by atoms with Crippen molar-refractivity contribution in [3.05, 3.63) is 35.8 Å². The molecule has 5 nitrogen and oxygen atoms in total. The number of aryl methyl sites for hydroxylation is 2. The summed E-state index contributed by atoms with van der Waals surface area (Å²) in [7, 11) is 1.87. The van der Waals surface area contributed by atoms with Crippen molar-refractivity contribution in [1.29, 1.82) is 0 Å². The summed E-state index contributed by atoms with van der Waals surface area (Å²) in [5, 5.41) is 4.39. The maximum Gasteiger partial charge on any atom is 0.174 e. The molecule has 2 heterocycles. The summed E-state index contributed by atoms with van der Waals surface area (Å²) in [5.74, 6) is 0.823. The van der Waals surface area contributed by atoms with Crippen molar-refractivity contribution in [3.8, 4) is 0 Å². The molecular formula is C13H19N5. The van der Waals surface area contributed by atoms with Crippen molar-refractivity contribution in [3.63, 3.8) is 0 Å². The normalized spacial score (nSPS) is 10.6. The first kappa shape index (κ1) is 12.4. The smallest absolute Gasteiger partial charge is 0.174 e. The molecule has 0 spiro atoms. The lowest BCUT2D eigenvalue weighted by Crippen LogP contribution is -2.24. The molecule has 0 amide bonds. The highest BCUT2D eigenvalue weighted by Gasteiger charge is 2.13. The highest BCUT2D eigenvalue weighted by molar-refractivity contribution is 5.61. The van der Waals surface area contributed by atoms with Gasteiger partial charge >= 0.3 is 0 Å². The van der Waals surface area contributed by atoms with Crippen molar-refractivity contribution < 1.29 is 0 Å². The van der Waals surface area contributed by atoms with Crippen LogP contribution in [0.15, 0.2) is 24.4 Å². The quantitative estimate of drug-likeness (QED) is 0.891. The minimum atomic E-state index is 0.701. The maximum atomic E-state index is 5.96. The van der Waals surface area contributed by atoms with E-state index in [1.54, 1.807) is 4.68 Å². The molecule has 0 aliphatic carbocycles. The SMILES string of the molecule is CCN(Cc1cccc(C)n1)c1nn(C)cc1N. The molecule has 0 aromatic carbocycles. The number of pyridine rings is 1. The second kappa shape index (κ2) is 5.08. The van der Waals surface area contributed by atoms with Crippen LogP contribution in [0, 0.1) is 6.92 Å². The molecule has 5 heteroatoms. The van der Waals surface area contributed by atoms with Crippen molar-refractivity contribution in [1.82, 2.24) is 14.8 Å². The van der Waals surface area contributed by atoms with E-state index in [9.17, 15) is 0 Å². The van der Waals surface area contributed by atoms with Crippen LogP contribution < -0.4 is 10.6 Å². The van der Waals surface area contributed by atoms with Crippen LogP contribution in [0.3, 0.4) is 0 Å². The zero-order valence-corrected chi connectivity index (χ0v) is 11.1. The fourth-order valence-corrected chi connectivity index (χ4v) is 1.96. The Balaban J connectivity index is 2.22. The number of nitrogen functional groups attached to an aromatic ring is 1. The Bertz CT molecular complexity index is 532. The molecule has 0 saturated heterocycles. The highest BCUT2D eigenvalue weighted by atomic mass is 15.3. The number of anilines is 2. The van der Waals surface area contributed by atoms with Crippen molar-refractivity contribution in [2.75, 3.05) is 17.2 Å². The van der Waals surface area contributed by atoms with Gasteiger partial charge in [-0.2, -0.15) is 5.10 Å². The summed E-state index contributed by atoms with van der Waals surface area (Å²) >= 11 is 0. The van der Waals surface area contributed by atoms with Crippen LogP contribution in [-0.2, 0) is 13.6 Å². The molecule has 0 atom stereocenters. The summed E-state index contributed by atoms with van der Waals surface area (Å²) in [6.07, 6.45) is 1.82. The van der Waals surface area contributed by atoms with Gasteiger partial charge in [0.15, 0.2) is 5.82 Å². The molecule has 0 bridgehead atoms. The predicted octanol–water partition coefficient (Wildman–Crippen LogP) is 1.73. The van der Waals surface area contributed by atoms with E-state index in [0.717, 1.165) is 30.3 Å². The Morgan fingerprint density at radius 2 is 2.17 bits per heavy atom. The van der Waals surface area contributed by atoms with E-state index in [1.807, 2.05) is 38.4 Å². The second-order valence-electron chi connectivity index (χ2n) is 4.37. The molecule has 2 aromatic heterocycles. The minimum absolute atomic E-state index is 0.701. The van der Waals surface area contributed by atoms with Gasteiger partial charge in [-0.15, -0.1) is 0 Å². The molecule has 0 unspecified atom stereocenters. The van der Waals surface area contributed by atoms with E-state index in [0.29, 0.717) is 5.69 Å². The molecule has 0 fully saturated rings. The number of hydrogen-bond donors (Lipinski definition) is 1. The van der Waals surface area contributed by atoms with Crippen LogP contribution >= 0.6 is 0 Å². The highest BCUT2D eigenvalue weighted by Crippen LogP contribution is 2.21. The first-order valence-corrected chi connectivity index (χ1v) is 6.06. The van der Waals surface area contributed by atoms with Gasteiger partial charge in [0.25, 0.3) is 0 Å². The molecule has 2 N–H and O–H groups in total. The summed E-state index contributed by atoms with van der Waals surface area (Å²) < 4.78 is 1.73. The molecule has 96 valence electrons. The van der Waals surface area contributed by atoms with E-state index in [1.165, 1.54) is 0 Å². The predicted molar refractivity (Wildman–Crippen MR) is 73.3 cm³/mol. The van der Waals surface area contributed by atoms with Crippen LogP contribution in [0.5, 0.6) is 0 Å². The van der Waals surface area contributed by atoms with E-state index >= 15 is 0 Å². The van der Waals surface area contributed by atoms with Gasteiger partial charge in [-0.05, 0) is 26.0 Å². The molecular weight excluding hydrogens is 226 g/mol. The lowest BCUT2D eigenvalue weighted by atomic mass is 10.3. The first-order chi connectivity index (χ1) is 8.60. The van der Waals surface area contributed by atoms with Crippen LogP contribution in [0.2, 0.25) is 0 Å². The monoisotopic (exact) mass is 245 g/mol. The molecule has 0 radical (unpaired) electrons. The zero-order valence-electron chi connectivity index (χ0n) is 11.1. The molecule has 0 saturated carbocycles. The third-order valence-electron chi connectivity index (χ3n) is 2.82. The average Bonchev–Trinajstić information content (AvgIpc) is 2.65. The Kier molecular flexibility index (Phi) is 3.50. The number of nitrogens with two attached hydrogens (primary N) is 1. The Hall–Kier alpha value is -2.04. The average molecular weight is 245 g/mol. The Morgan fingerprint density at radius 3 is 2.72 bits per heavy atom. The van der Waals surface area contributed by atoms with Gasteiger partial charge < -0.3 is 10.6 Å². The van der Waals surface area contributed by atoms with Crippen molar-refractivity contribution in [2.24, 2.45) is 7.05 Å². The van der Waals surface area contributed by atoms with Gasteiger partial charge in [0.1, 0.15) is 0 Å². The second-order valence-corrected chi connectivity index (χ2v) is 4.37. The summed E-state index contributed by atoms with van der Waals surface area (Å²) in [5.41, 5.74) is 8.71. The van der Waals surface area contributed by atoms with Crippen LogP contribution in [0.4, 0.5) is 11.5 Å². The number of hydrogen-bond acceptors (Lipinski definition) is 4. The van der Waals surface area contributed by atoms with Gasteiger partial charge in [0, 0.05) is 25.5 Å². The van der Waals surface area contributed by atoms with Gasteiger partial charge in [0.2, 0.25) is 0 Å². The largest absolute Gasteiger partial charge is 0.394 e. The zero-order chi connectivity index (χ0) is 13.1. The molecule has 2 aromatic rings. The lowest BCUT2D eigenvalue weighted by Gasteiger charge is -2.20. The third-order valence-corrected chi connectivity index (χ3v) is 2.82. The van der Waals surface area contributed by atoms with Gasteiger partial charge in [-0.1, -0.05) is 6.07 Å². The Morgan fingerprint density at radius 1 is 1.39 bits per heavy atom. The van der Waals surface area contributed by atoms with E-state index < -0.39 is 0 Å². The van der Waals surface area contributed by atoms with Crippen LogP contribution in [-0.4, -0.2) is 21.3 Å². The molecule has 0 aliphatic rings. The summed E-state index contributed by atoms with van der Waals surface area (Å²) in [6.45, 7) is 5.65.